The maximum Gasteiger partial charge on any atom is 0.250 e. The molecule has 0 heterocycles. The molecule has 0 unspecified atom stereocenters. The number of azide groups is 1. The first-order chi connectivity index (χ1) is 10.7. The van der Waals surface area contributed by atoms with Crippen LogP contribution in [0, 0.1) is 6.92 Å². The molecule has 22 heavy (non-hydrogen) atoms. The van der Waals surface area contributed by atoms with Gasteiger partial charge in [-0.3, -0.25) is 4.79 Å². The third-order valence-corrected chi connectivity index (χ3v) is 3.68. The van der Waals surface area contributed by atoms with E-state index >= 15 is 0 Å². The zero-order valence-corrected chi connectivity index (χ0v) is 12.2. The van der Waals surface area contributed by atoms with E-state index in [1.165, 1.54) is 0 Å². The Bertz CT molecular complexity index is 957. The van der Waals surface area contributed by atoms with Gasteiger partial charge in [-0.1, -0.05) is 42.0 Å². The van der Waals surface area contributed by atoms with E-state index in [9.17, 15) is 4.79 Å². The summed E-state index contributed by atoms with van der Waals surface area (Å²) in [4.78, 5) is 14.9. The number of aryl methyl sites for hydroxylation is 1. The first kappa shape index (κ1) is 13.9. The lowest BCUT2D eigenvalue weighted by atomic mass is 9.94. The van der Waals surface area contributed by atoms with E-state index in [-0.39, 0.29) is 0 Å². The monoisotopic (exact) mass is 291 g/mol. The van der Waals surface area contributed by atoms with Gasteiger partial charge in [0.05, 0.1) is 7.11 Å². The standard InChI is InChI=1S/C17H13N3O2/c1-10-7-8-12-14(9-10)16(22-2)13-6-4-3-5-11(13)15(12)17(21)19-20-18/h3-9H,1-2H3. The van der Waals surface area contributed by atoms with Gasteiger partial charge in [0.2, 0.25) is 5.91 Å². The molecule has 0 saturated heterocycles. The Balaban J connectivity index is 2.60. The van der Waals surface area contributed by atoms with Crippen molar-refractivity contribution >= 4 is 27.5 Å². The van der Waals surface area contributed by atoms with Gasteiger partial charge in [-0.15, -0.1) is 0 Å². The molecule has 5 nitrogen and oxygen atoms in total. The van der Waals surface area contributed by atoms with Crippen molar-refractivity contribution in [1.29, 1.82) is 0 Å². The predicted octanol–water partition coefficient (Wildman–Crippen LogP) is 4.76. The number of carbonyl (C=O) groups excluding carboxylic acids is 1. The molecule has 108 valence electrons. The van der Waals surface area contributed by atoms with Crippen molar-refractivity contribution in [3.63, 3.8) is 0 Å². The Labute approximate surface area is 126 Å². The SMILES string of the molecule is COc1c2ccccc2c(C(=O)N=[N+]=[N-])c2ccc(C)cc12. The second-order valence-electron chi connectivity index (χ2n) is 5.00. The number of rotatable bonds is 2. The molecule has 0 N–H and O–H groups in total. The lowest BCUT2D eigenvalue weighted by Crippen LogP contribution is -1.99. The third-order valence-electron chi connectivity index (χ3n) is 3.68. The average molecular weight is 291 g/mol. The van der Waals surface area contributed by atoms with Crippen LogP contribution in [0.2, 0.25) is 0 Å². The predicted molar refractivity (Wildman–Crippen MR) is 86.2 cm³/mol. The summed E-state index contributed by atoms with van der Waals surface area (Å²) in [5.74, 6) is 0.127. The van der Waals surface area contributed by atoms with Gasteiger partial charge in [0, 0.05) is 21.2 Å². The molecule has 0 bridgehead atoms. The lowest BCUT2D eigenvalue weighted by Gasteiger charge is -2.14. The Morgan fingerprint density at radius 3 is 2.45 bits per heavy atom. The number of hydrogen-bond donors (Lipinski definition) is 0. The second-order valence-corrected chi connectivity index (χ2v) is 5.00. The molecule has 3 aromatic rings. The van der Waals surface area contributed by atoms with Crippen LogP contribution >= 0.6 is 0 Å². The summed E-state index contributed by atoms with van der Waals surface area (Å²) in [7, 11) is 1.61. The van der Waals surface area contributed by atoms with Crippen LogP contribution in [-0.2, 0) is 0 Å². The molecule has 0 radical (unpaired) electrons. The summed E-state index contributed by atoms with van der Waals surface area (Å²) in [5.41, 5.74) is 10.1. The summed E-state index contributed by atoms with van der Waals surface area (Å²) >= 11 is 0. The molecular weight excluding hydrogens is 278 g/mol. The van der Waals surface area contributed by atoms with E-state index in [4.69, 9.17) is 10.3 Å². The van der Waals surface area contributed by atoms with Crippen LogP contribution < -0.4 is 4.74 Å². The molecule has 3 rings (SSSR count). The van der Waals surface area contributed by atoms with E-state index < -0.39 is 5.91 Å². The van der Waals surface area contributed by atoms with Gasteiger partial charge in [0.25, 0.3) is 0 Å². The third kappa shape index (κ3) is 2.05. The van der Waals surface area contributed by atoms with Gasteiger partial charge in [-0.2, -0.15) is 0 Å². The summed E-state index contributed by atoms with van der Waals surface area (Å²) < 4.78 is 5.58. The van der Waals surface area contributed by atoms with Gasteiger partial charge < -0.3 is 4.74 Å². The van der Waals surface area contributed by atoms with E-state index in [1.807, 2.05) is 49.4 Å². The molecule has 0 atom stereocenters. The minimum Gasteiger partial charge on any atom is -0.495 e. The Morgan fingerprint density at radius 1 is 1.09 bits per heavy atom. The fraction of sp³-hybridized carbons (Fsp3) is 0.118. The number of ether oxygens (including phenoxy) is 1. The van der Waals surface area contributed by atoms with Crippen LogP contribution in [0.1, 0.15) is 15.9 Å². The van der Waals surface area contributed by atoms with Crippen LogP contribution in [0.3, 0.4) is 0 Å². The molecule has 0 spiro atoms. The van der Waals surface area contributed by atoms with Crippen molar-refractivity contribution in [3.05, 3.63) is 64.0 Å². The number of methoxy groups -OCH3 is 1. The molecule has 1 amide bonds. The Morgan fingerprint density at radius 2 is 1.77 bits per heavy atom. The maximum absolute atomic E-state index is 12.3. The first-order valence-electron chi connectivity index (χ1n) is 6.76. The number of benzene rings is 3. The molecule has 3 aromatic carbocycles. The van der Waals surface area contributed by atoms with Crippen molar-refractivity contribution in [3.8, 4) is 5.75 Å². The van der Waals surface area contributed by atoms with Crippen LogP contribution in [0.5, 0.6) is 5.75 Å². The highest BCUT2D eigenvalue weighted by molar-refractivity contribution is 6.21. The highest BCUT2D eigenvalue weighted by Crippen LogP contribution is 2.38. The fourth-order valence-corrected chi connectivity index (χ4v) is 2.79. The van der Waals surface area contributed by atoms with E-state index in [0.717, 1.165) is 21.7 Å². The van der Waals surface area contributed by atoms with E-state index in [0.29, 0.717) is 16.7 Å². The zero-order valence-electron chi connectivity index (χ0n) is 12.2. The van der Waals surface area contributed by atoms with Crippen molar-refractivity contribution in [2.75, 3.05) is 7.11 Å². The summed E-state index contributed by atoms with van der Waals surface area (Å²) in [6, 6.07) is 13.2. The summed E-state index contributed by atoms with van der Waals surface area (Å²) in [6.45, 7) is 1.98. The van der Waals surface area contributed by atoms with Crippen LogP contribution in [0.25, 0.3) is 32.0 Å². The Hall–Kier alpha value is -3.04. The first-order valence-corrected chi connectivity index (χ1v) is 6.76. The number of hydrogen-bond acceptors (Lipinski definition) is 2. The number of nitrogens with zero attached hydrogens (tertiary/aromatic N) is 3. The molecule has 0 aliphatic rings. The molecule has 5 heteroatoms. The number of carbonyl (C=O) groups is 1. The smallest absolute Gasteiger partial charge is 0.250 e. The normalized spacial score (nSPS) is 10.5. The number of amides is 1. The van der Waals surface area contributed by atoms with Gasteiger partial charge in [0.15, 0.2) is 0 Å². The summed E-state index contributed by atoms with van der Waals surface area (Å²) in [5, 5.41) is 6.36. The fourth-order valence-electron chi connectivity index (χ4n) is 2.79. The van der Waals surface area contributed by atoms with Crippen LogP contribution in [-0.4, -0.2) is 13.0 Å². The average Bonchev–Trinajstić information content (AvgIpc) is 2.52. The molecular formula is C17H13N3O2. The molecule has 0 aliphatic carbocycles. The van der Waals surface area contributed by atoms with Crippen molar-refractivity contribution in [1.82, 2.24) is 0 Å². The maximum atomic E-state index is 12.3. The highest BCUT2D eigenvalue weighted by Gasteiger charge is 2.18. The quantitative estimate of drug-likeness (QED) is 0.295. The van der Waals surface area contributed by atoms with Crippen molar-refractivity contribution in [2.24, 2.45) is 5.11 Å². The van der Waals surface area contributed by atoms with Gasteiger partial charge in [-0.25, -0.2) is 0 Å². The van der Waals surface area contributed by atoms with Crippen molar-refractivity contribution < 1.29 is 9.53 Å². The minimum atomic E-state index is -0.588. The van der Waals surface area contributed by atoms with Gasteiger partial charge in [0.1, 0.15) is 5.75 Å². The Kier molecular flexibility index (Phi) is 3.41. The summed E-state index contributed by atoms with van der Waals surface area (Å²) in [6.07, 6.45) is 0. The second kappa shape index (κ2) is 5.39. The van der Waals surface area contributed by atoms with Crippen molar-refractivity contribution in [2.45, 2.75) is 6.92 Å². The molecule has 0 saturated carbocycles. The number of fused-ring (bicyclic) bond motifs is 2. The molecule has 0 aromatic heterocycles. The van der Waals surface area contributed by atoms with Crippen LogP contribution in [0.4, 0.5) is 0 Å². The lowest BCUT2D eigenvalue weighted by molar-refractivity contribution is 0.100. The van der Waals surface area contributed by atoms with Gasteiger partial charge in [-0.05, 0) is 34.4 Å². The van der Waals surface area contributed by atoms with E-state index in [2.05, 4.69) is 10.0 Å². The minimum absolute atomic E-state index is 0.407. The molecule has 0 aliphatic heterocycles. The molecule has 0 fully saturated rings. The van der Waals surface area contributed by atoms with Crippen LogP contribution in [0.15, 0.2) is 47.6 Å². The zero-order chi connectivity index (χ0) is 15.7. The topological polar surface area (TPSA) is 75.1 Å². The highest BCUT2D eigenvalue weighted by atomic mass is 16.5. The van der Waals surface area contributed by atoms with E-state index in [1.54, 1.807) is 7.11 Å². The van der Waals surface area contributed by atoms with Gasteiger partial charge >= 0.3 is 0 Å². The largest absolute Gasteiger partial charge is 0.495 e.